The average molecular weight is 208 g/mol. The molecule has 0 spiro atoms. The number of nitrogens with zero attached hydrogens (tertiary/aromatic N) is 1. The maximum absolute atomic E-state index is 10.6. The van der Waals surface area contributed by atoms with E-state index in [2.05, 4.69) is 5.73 Å². The molecular weight excluding hydrogens is 194 g/mol. The Morgan fingerprint density at radius 1 is 1.62 bits per heavy atom. The summed E-state index contributed by atoms with van der Waals surface area (Å²) in [5.41, 5.74) is 3.74. The van der Waals surface area contributed by atoms with Crippen LogP contribution in [0.2, 0.25) is 6.82 Å². The molecule has 1 aliphatic heterocycles. The summed E-state index contributed by atoms with van der Waals surface area (Å²) in [6, 6.07) is -0.114. The highest BCUT2D eigenvalue weighted by molar-refractivity contribution is 6.45. The Balaban J connectivity index is 0.00000144. The second kappa shape index (κ2) is 4.81. The lowest BCUT2D eigenvalue weighted by atomic mass is 9.86. The Morgan fingerprint density at radius 2 is 2.15 bits per heavy atom. The fourth-order valence-electron chi connectivity index (χ4n) is 1.49. The van der Waals surface area contributed by atoms with Gasteiger partial charge in [0, 0.05) is 13.1 Å². The van der Waals surface area contributed by atoms with Crippen molar-refractivity contribution in [3.05, 3.63) is 0 Å². The molecule has 0 aromatic heterocycles. The average Bonchev–Trinajstić information content (AvgIpc) is 2.30. The van der Waals surface area contributed by atoms with Crippen LogP contribution in [0.1, 0.15) is 0 Å². The summed E-state index contributed by atoms with van der Waals surface area (Å²) in [4.78, 5) is 12.4. The number of carboxylic acids is 1. The van der Waals surface area contributed by atoms with Crippen LogP contribution in [0.5, 0.6) is 0 Å². The van der Waals surface area contributed by atoms with Crippen molar-refractivity contribution >= 4 is 13.0 Å². The molecular formula is C6H14BClN2O3. The van der Waals surface area contributed by atoms with E-state index in [1.807, 2.05) is 0 Å². The van der Waals surface area contributed by atoms with E-state index in [-0.39, 0.29) is 18.4 Å². The van der Waals surface area contributed by atoms with Gasteiger partial charge in [0.1, 0.15) is 12.0 Å². The summed E-state index contributed by atoms with van der Waals surface area (Å²) >= 11 is 0. The summed E-state index contributed by atoms with van der Waals surface area (Å²) in [6.07, 6.45) is 0. The zero-order chi connectivity index (χ0) is 9.30. The van der Waals surface area contributed by atoms with Crippen molar-refractivity contribution in [3.63, 3.8) is 0 Å². The van der Waals surface area contributed by atoms with Gasteiger partial charge in [-0.15, -0.1) is 0 Å². The molecule has 0 aromatic rings. The molecule has 0 radical (unpaired) electrons. The molecule has 76 valence electrons. The SMILES string of the molecule is CB(O)N1CC([NH3+])[C@H](C(=O)O)C1.[Cl-]. The second-order valence-corrected chi connectivity index (χ2v) is 3.29. The molecule has 5 nitrogen and oxygen atoms in total. The number of quaternary nitrogens is 1. The number of aliphatic carboxylic acids is 1. The minimum absolute atomic E-state index is 0. The van der Waals surface area contributed by atoms with Crippen LogP contribution in [-0.4, -0.2) is 47.1 Å². The van der Waals surface area contributed by atoms with Crippen LogP contribution in [0.25, 0.3) is 0 Å². The summed E-state index contributed by atoms with van der Waals surface area (Å²) in [5.74, 6) is -1.25. The molecule has 0 amide bonds. The molecule has 5 N–H and O–H groups in total. The van der Waals surface area contributed by atoms with Gasteiger partial charge >= 0.3 is 13.0 Å². The Kier molecular flexibility index (Phi) is 4.70. The first kappa shape index (κ1) is 12.7. The Morgan fingerprint density at radius 3 is 2.38 bits per heavy atom. The van der Waals surface area contributed by atoms with Gasteiger partial charge in [0.25, 0.3) is 0 Å². The molecule has 2 atom stereocenters. The first-order valence-electron chi connectivity index (χ1n) is 4.00. The standard InChI is InChI=1S/C6H13BN2O3.ClH/c1-7(12)9-2-4(6(10)11)5(8)3-9;/h4-5,12H,2-3,8H2,1H3,(H,10,11);1H/t4-,5?;/m1./s1. The van der Waals surface area contributed by atoms with Crippen LogP contribution in [0.4, 0.5) is 0 Å². The van der Waals surface area contributed by atoms with E-state index >= 15 is 0 Å². The van der Waals surface area contributed by atoms with Gasteiger partial charge in [-0.1, -0.05) is 0 Å². The number of hydrogen-bond acceptors (Lipinski definition) is 3. The predicted octanol–water partition coefficient (Wildman–Crippen LogP) is -5.27. The Labute approximate surface area is 83.4 Å². The predicted molar refractivity (Wildman–Crippen MR) is 43.2 cm³/mol. The number of carboxylic acid groups (broad SMARTS) is 1. The molecule has 0 aliphatic carbocycles. The van der Waals surface area contributed by atoms with Crippen LogP contribution in [0.15, 0.2) is 0 Å². The molecule has 1 heterocycles. The van der Waals surface area contributed by atoms with E-state index in [1.165, 1.54) is 0 Å². The fourth-order valence-corrected chi connectivity index (χ4v) is 1.49. The van der Waals surface area contributed by atoms with Gasteiger partial charge < -0.3 is 33.1 Å². The lowest BCUT2D eigenvalue weighted by Crippen LogP contribution is -3.00. The zero-order valence-electron chi connectivity index (χ0n) is 7.48. The highest BCUT2D eigenvalue weighted by Crippen LogP contribution is 2.14. The third-order valence-electron chi connectivity index (χ3n) is 2.31. The summed E-state index contributed by atoms with van der Waals surface area (Å²) in [7, 11) is -0.571. The first-order chi connectivity index (χ1) is 5.52. The van der Waals surface area contributed by atoms with Crippen molar-refractivity contribution in [3.8, 4) is 0 Å². The highest BCUT2D eigenvalue weighted by Gasteiger charge is 2.40. The van der Waals surface area contributed by atoms with E-state index in [1.54, 1.807) is 11.6 Å². The van der Waals surface area contributed by atoms with E-state index in [4.69, 9.17) is 5.11 Å². The first-order valence-corrected chi connectivity index (χ1v) is 4.00. The molecule has 1 rings (SSSR count). The van der Waals surface area contributed by atoms with Crippen LogP contribution < -0.4 is 18.1 Å². The smallest absolute Gasteiger partial charge is 0.376 e. The lowest BCUT2D eigenvalue weighted by Gasteiger charge is -2.13. The van der Waals surface area contributed by atoms with Crippen LogP contribution in [0, 0.1) is 5.92 Å². The molecule has 13 heavy (non-hydrogen) atoms. The van der Waals surface area contributed by atoms with Crippen molar-refractivity contribution in [1.29, 1.82) is 0 Å². The van der Waals surface area contributed by atoms with Crippen molar-refractivity contribution in [1.82, 2.24) is 4.81 Å². The van der Waals surface area contributed by atoms with Crippen molar-refractivity contribution in [2.75, 3.05) is 13.1 Å². The van der Waals surface area contributed by atoms with E-state index in [0.29, 0.717) is 13.1 Å². The Bertz CT molecular complexity index is 193. The molecule has 1 aliphatic rings. The van der Waals surface area contributed by atoms with E-state index < -0.39 is 18.9 Å². The largest absolute Gasteiger partial charge is 1.00 e. The van der Waals surface area contributed by atoms with Gasteiger partial charge in [0.05, 0.1) is 0 Å². The van der Waals surface area contributed by atoms with Crippen molar-refractivity contribution < 1.29 is 33.1 Å². The molecule has 1 unspecified atom stereocenters. The zero-order valence-corrected chi connectivity index (χ0v) is 8.24. The van der Waals surface area contributed by atoms with Crippen molar-refractivity contribution in [2.45, 2.75) is 12.9 Å². The summed E-state index contributed by atoms with van der Waals surface area (Å²) in [5, 5.41) is 17.9. The number of rotatable bonds is 2. The highest BCUT2D eigenvalue weighted by atomic mass is 35.5. The topological polar surface area (TPSA) is 88.4 Å². The minimum Gasteiger partial charge on any atom is -1.00 e. The van der Waals surface area contributed by atoms with Crippen LogP contribution in [-0.2, 0) is 4.79 Å². The van der Waals surface area contributed by atoms with Crippen LogP contribution >= 0.6 is 0 Å². The molecule has 0 aromatic carbocycles. The molecule has 0 bridgehead atoms. The van der Waals surface area contributed by atoms with E-state index in [9.17, 15) is 9.82 Å². The maximum atomic E-state index is 10.6. The quantitative estimate of drug-likeness (QED) is 0.396. The lowest BCUT2D eigenvalue weighted by molar-refractivity contribution is -0.421. The third kappa shape index (κ3) is 2.84. The van der Waals surface area contributed by atoms with E-state index in [0.717, 1.165) is 0 Å². The molecule has 1 saturated heterocycles. The van der Waals surface area contributed by atoms with Gasteiger partial charge in [0.2, 0.25) is 0 Å². The number of halogens is 1. The summed E-state index contributed by atoms with van der Waals surface area (Å²) < 4.78 is 0. The van der Waals surface area contributed by atoms with Gasteiger partial charge in [-0.3, -0.25) is 4.79 Å². The van der Waals surface area contributed by atoms with Crippen molar-refractivity contribution in [2.24, 2.45) is 5.92 Å². The second-order valence-electron chi connectivity index (χ2n) is 3.29. The third-order valence-corrected chi connectivity index (χ3v) is 2.31. The van der Waals surface area contributed by atoms with Crippen LogP contribution in [0.3, 0.4) is 0 Å². The number of hydrogen-bond donors (Lipinski definition) is 3. The van der Waals surface area contributed by atoms with Gasteiger partial charge in [-0.25, -0.2) is 0 Å². The normalized spacial score (nSPS) is 28.2. The van der Waals surface area contributed by atoms with Gasteiger partial charge in [-0.05, 0) is 6.82 Å². The number of carbonyl (C=O) groups is 1. The minimum atomic E-state index is -0.821. The fraction of sp³-hybridized carbons (Fsp3) is 0.833. The molecule has 1 fully saturated rings. The van der Waals surface area contributed by atoms with Gasteiger partial charge in [-0.2, -0.15) is 0 Å². The maximum Gasteiger partial charge on any atom is 0.376 e. The molecule has 7 heteroatoms. The van der Waals surface area contributed by atoms with Gasteiger partial charge in [0.15, 0.2) is 0 Å². The monoisotopic (exact) mass is 208 g/mol. The summed E-state index contributed by atoms with van der Waals surface area (Å²) in [6.45, 7) is 2.60. The molecule has 0 saturated carbocycles. The Hall–Kier alpha value is -0.295.